The number of aliphatic imine (C=N–C) groups is 1. The Hall–Kier alpha value is -2.42. The Morgan fingerprint density at radius 2 is 2.16 bits per heavy atom. The van der Waals surface area contributed by atoms with Gasteiger partial charge in [0.2, 0.25) is 0 Å². The third kappa shape index (κ3) is 5.02. The van der Waals surface area contributed by atoms with Crippen molar-refractivity contribution >= 4 is 22.7 Å². The molecule has 0 atom stereocenters. The van der Waals surface area contributed by atoms with Gasteiger partial charge in [-0.25, -0.2) is 4.79 Å². The van der Waals surface area contributed by atoms with Crippen LogP contribution in [0.15, 0.2) is 9.79 Å². The SMILES string of the molecule is CCCCOc1nc(N)c2[nH]c(=O)n(CCCN=C(C)COC)c2n1. The number of H-pyrrole nitrogens is 1. The van der Waals surface area contributed by atoms with Gasteiger partial charge in [-0.1, -0.05) is 13.3 Å². The molecule has 2 aromatic heterocycles. The summed E-state index contributed by atoms with van der Waals surface area (Å²) in [6.45, 7) is 6.10. The summed E-state index contributed by atoms with van der Waals surface area (Å²) in [7, 11) is 1.63. The number of aryl methyl sites for hydroxylation is 1. The van der Waals surface area contributed by atoms with Gasteiger partial charge in [0.05, 0.1) is 13.2 Å². The van der Waals surface area contributed by atoms with Gasteiger partial charge in [-0.05, 0) is 19.8 Å². The number of imidazole rings is 1. The molecule has 3 N–H and O–H groups in total. The van der Waals surface area contributed by atoms with Crippen LogP contribution in [-0.2, 0) is 11.3 Å². The van der Waals surface area contributed by atoms with E-state index < -0.39 is 0 Å². The molecular formula is C16H26N6O3. The molecule has 138 valence electrons. The lowest BCUT2D eigenvalue weighted by Crippen LogP contribution is -2.18. The summed E-state index contributed by atoms with van der Waals surface area (Å²) in [5.41, 5.74) is 7.48. The number of methoxy groups -OCH3 is 1. The molecule has 0 unspecified atom stereocenters. The first-order valence-corrected chi connectivity index (χ1v) is 8.44. The molecule has 0 fully saturated rings. The Morgan fingerprint density at radius 1 is 1.36 bits per heavy atom. The van der Waals surface area contributed by atoms with Gasteiger partial charge in [-0.15, -0.1) is 0 Å². The highest BCUT2D eigenvalue weighted by molar-refractivity contribution is 5.83. The first kappa shape index (κ1) is 18.9. The van der Waals surface area contributed by atoms with Crippen LogP contribution >= 0.6 is 0 Å². The molecule has 0 amide bonds. The molecule has 0 spiro atoms. The number of hydrogen-bond donors (Lipinski definition) is 2. The summed E-state index contributed by atoms with van der Waals surface area (Å²) in [6.07, 6.45) is 2.61. The second kappa shape index (κ2) is 9.16. The van der Waals surface area contributed by atoms with Crippen LogP contribution in [-0.4, -0.2) is 52.1 Å². The Kier molecular flexibility index (Phi) is 6.93. The van der Waals surface area contributed by atoms with Crippen molar-refractivity contribution < 1.29 is 9.47 Å². The Morgan fingerprint density at radius 3 is 2.88 bits per heavy atom. The number of anilines is 1. The van der Waals surface area contributed by atoms with Crippen LogP contribution in [0.5, 0.6) is 6.01 Å². The van der Waals surface area contributed by atoms with Crippen LogP contribution in [0.4, 0.5) is 5.82 Å². The number of aromatic nitrogens is 4. The number of rotatable bonds is 10. The van der Waals surface area contributed by atoms with E-state index in [1.165, 1.54) is 0 Å². The summed E-state index contributed by atoms with van der Waals surface area (Å²) in [6, 6.07) is 0.195. The van der Waals surface area contributed by atoms with Crippen molar-refractivity contribution in [3.05, 3.63) is 10.5 Å². The van der Waals surface area contributed by atoms with Gasteiger partial charge in [-0.3, -0.25) is 9.56 Å². The lowest BCUT2D eigenvalue weighted by atomic mass is 10.4. The van der Waals surface area contributed by atoms with Gasteiger partial charge < -0.3 is 20.2 Å². The summed E-state index contributed by atoms with van der Waals surface area (Å²) in [4.78, 5) is 27.7. The minimum atomic E-state index is -0.265. The molecular weight excluding hydrogens is 324 g/mol. The molecule has 2 aromatic rings. The number of nitrogens with two attached hydrogens (primary N) is 1. The standard InChI is InChI=1S/C16H26N6O3/c1-4-5-9-25-15-20-13(17)12-14(21-15)22(16(23)19-12)8-6-7-18-11(2)10-24-3/h4-10H2,1-3H3,(H,19,23)(H2,17,20,21). The normalized spacial score (nSPS) is 12.0. The minimum Gasteiger partial charge on any atom is -0.463 e. The topological polar surface area (TPSA) is 120 Å². The number of nitrogens with one attached hydrogen (secondary N) is 1. The number of ether oxygens (including phenoxy) is 2. The zero-order valence-corrected chi connectivity index (χ0v) is 15.0. The summed E-state index contributed by atoms with van der Waals surface area (Å²) < 4.78 is 12.1. The first-order valence-electron chi connectivity index (χ1n) is 8.44. The van der Waals surface area contributed by atoms with Gasteiger partial charge in [0.25, 0.3) is 0 Å². The number of aromatic amines is 1. The van der Waals surface area contributed by atoms with Gasteiger partial charge in [0, 0.05) is 25.9 Å². The minimum absolute atomic E-state index is 0.195. The molecule has 0 aliphatic rings. The summed E-state index contributed by atoms with van der Waals surface area (Å²) in [5.74, 6) is 0.210. The van der Waals surface area contributed by atoms with Gasteiger partial charge in [0.15, 0.2) is 11.5 Å². The second-order valence-electron chi connectivity index (χ2n) is 5.78. The van der Waals surface area contributed by atoms with Crippen LogP contribution in [0.1, 0.15) is 33.1 Å². The molecule has 0 aromatic carbocycles. The van der Waals surface area contributed by atoms with Crippen molar-refractivity contribution in [1.29, 1.82) is 0 Å². The maximum absolute atomic E-state index is 12.2. The van der Waals surface area contributed by atoms with Crippen LogP contribution < -0.4 is 16.2 Å². The third-order valence-electron chi connectivity index (χ3n) is 3.63. The highest BCUT2D eigenvalue weighted by atomic mass is 16.5. The predicted octanol–water partition coefficient (Wildman–Crippen LogP) is 1.38. The lowest BCUT2D eigenvalue weighted by molar-refractivity contribution is 0.244. The van der Waals surface area contributed by atoms with E-state index in [0.717, 1.165) is 18.6 Å². The zero-order valence-electron chi connectivity index (χ0n) is 15.0. The Bertz CT molecular complexity index is 780. The van der Waals surface area contributed by atoms with Crippen molar-refractivity contribution in [2.45, 2.75) is 39.7 Å². The average molecular weight is 350 g/mol. The quantitative estimate of drug-likeness (QED) is 0.493. The van der Waals surface area contributed by atoms with Crippen LogP contribution in [0.3, 0.4) is 0 Å². The average Bonchev–Trinajstić information content (AvgIpc) is 2.89. The maximum atomic E-state index is 12.2. The highest BCUT2D eigenvalue weighted by Crippen LogP contribution is 2.18. The van der Waals surface area contributed by atoms with Crippen molar-refractivity contribution in [2.75, 3.05) is 32.6 Å². The van der Waals surface area contributed by atoms with Crippen LogP contribution in [0.2, 0.25) is 0 Å². The van der Waals surface area contributed by atoms with Crippen molar-refractivity contribution in [1.82, 2.24) is 19.5 Å². The lowest BCUT2D eigenvalue weighted by Gasteiger charge is -2.06. The number of hydrogen-bond acceptors (Lipinski definition) is 7. The molecule has 0 saturated carbocycles. The van der Waals surface area contributed by atoms with E-state index in [1.807, 2.05) is 6.92 Å². The molecule has 0 saturated heterocycles. The molecule has 0 radical (unpaired) electrons. The van der Waals surface area contributed by atoms with Crippen molar-refractivity contribution in [3.8, 4) is 6.01 Å². The van der Waals surface area contributed by atoms with E-state index >= 15 is 0 Å². The largest absolute Gasteiger partial charge is 0.463 e. The monoisotopic (exact) mass is 350 g/mol. The van der Waals surface area contributed by atoms with E-state index in [4.69, 9.17) is 15.2 Å². The van der Waals surface area contributed by atoms with Gasteiger partial charge in [-0.2, -0.15) is 9.97 Å². The molecule has 2 heterocycles. The van der Waals surface area contributed by atoms with E-state index in [-0.39, 0.29) is 17.5 Å². The second-order valence-corrected chi connectivity index (χ2v) is 5.78. The van der Waals surface area contributed by atoms with E-state index in [0.29, 0.717) is 43.9 Å². The molecule has 0 bridgehead atoms. The summed E-state index contributed by atoms with van der Waals surface area (Å²) >= 11 is 0. The molecule has 9 nitrogen and oxygen atoms in total. The third-order valence-corrected chi connectivity index (χ3v) is 3.63. The van der Waals surface area contributed by atoms with Crippen molar-refractivity contribution in [2.24, 2.45) is 4.99 Å². The number of fused-ring (bicyclic) bond motifs is 1. The van der Waals surface area contributed by atoms with Crippen LogP contribution in [0.25, 0.3) is 11.2 Å². The number of nitrogen functional groups attached to an aromatic ring is 1. The molecule has 0 aliphatic carbocycles. The van der Waals surface area contributed by atoms with Crippen LogP contribution in [0, 0.1) is 0 Å². The molecule has 25 heavy (non-hydrogen) atoms. The number of nitrogens with zero attached hydrogens (tertiary/aromatic N) is 4. The zero-order chi connectivity index (χ0) is 18.2. The Balaban J connectivity index is 2.14. The smallest absolute Gasteiger partial charge is 0.327 e. The fraction of sp³-hybridized carbons (Fsp3) is 0.625. The molecule has 9 heteroatoms. The predicted molar refractivity (Wildman–Crippen MR) is 97.4 cm³/mol. The fourth-order valence-corrected chi connectivity index (χ4v) is 2.36. The van der Waals surface area contributed by atoms with E-state index in [9.17, 15) is 4.79 Å². The molecule has 2 rings (SSSR count). The van der Waals surface area contributed by atoms with E-state index in [1.54, 1.807) is 11.7 Å². The van der Waals surface area contributed by atoms with E-state index in [2.05, 4.69) is 26.9 Å². The molecule has 0 aliphatic heterocycles. The van der Waals surface area contributed by atoms with Crippen molar-refractivity contribution in [3.63, 3.8) is 0 Å². The van der Waals surface area contributed by atoms with Gasteiger partial charge >= 0.3 is 11.7 Å². The maximum Gasteiger partial charge on any atom is 0.327 e. The van der Waals surface area contributed by atoms with Gasteiger partial charge in [0.1, 0.15) is 5.52 Å². The Labute approximate surface area is 146 Å². The summed E-state index contributed by atoms with van der Waals surface area (Å²) in [5, 5.41) is 0. The highest BCUT2D eigenvalue weighted by Gasteiger charge is 2.14. The number of unbranched alkanes of at least 4 members (excludes halogenated alkanes) is 1. The fourth-order valence-electron chi connectivity index (χ4n) is 2.36. The first-order chi connectivity index (χ1) is 12.1.